The Bertz CT molecular complexity index is 763. The number of amides is 1. The Morgan fingerprint density at radius 2 is 2.33 bits per heavy atom. The van der Waals surface area contributed by atoms with Crippen molar-refractivity contribution in [2.75, 3.05) is 6.54 Å². The second-order valence-electron chi connectivity index (χ2n) is 5.35. The standard InChI is InChI=1S/C15H16BN3O5/c1-9-11(3-2-10-7-24-16(22)14(9)10)15(21)19-6-13(20)23-8-12-17-4-5-18-12/h2-5,22H,6-8H2,1H3,(H,17,18)(H,19,21). The summed E-state index contributed by atoms with van der Waals surface area (Å²) >= 11 is 0. The van der Waals surface area contributed by atoms with Crippen LogP contribution in [0.2, 0.25) is 0 Å². The van der Waals surface area contributed by atoms with Crippen molar-refractivity contribution in [1.82, 2.24) is 15.3 Å². The van der Waals surface area contributed by atoms with E-state index in [0.717, 1.165) is 5.56 Å². The summed E-state index contributed by atoms with van der Waals surface area (Å²) in [6.45, 7) is 1.82. The smallest absolute Gasteiger partial charge is 0.456 e. The van der Waals surface area contributed by atoms with Gasteiger partial charge in [0, 0.05) is 18.0 Å². The van der Waals surface area contributed by atoms with Crippen LogP contribution in [0, 0.1) is 6.92 Å². The number of hydrogen-bond donors (Lipinski definition) is 3. The van der Waals surface area contributed by atoms with Crippen molar-refractivity contribution in [2.24, 2.45) is 0 Å². The van der Waals surface area contributed by atoms with E-state index in [2.05, 4.69) is 15.3 Å². The lowest BCUT2D eigenvalue weighted by Gasteiger charge is -2.11. The molecule has 9 heteroatoms. The number of nitrogens with one attached hydrogen (secondary N) is 2. The Balaban J connectivity index is 1.57. The molecular weight excluding hydrogens is 313 g/mol. The van der Waals surface area contributed by atoms with Gasteiger partial charge in [0.1, 0.15) is 19.0 Å². The monoisotopic (exact) mass is 329 g/mol. The van der Waals surface area contributed by atoms with Crippen molar-refractivity contribution in [3.63, 3.8) is 0 Å². The Labute approximate surface area is 138 Å². The van der Waals surface area contributed by atoms with Crippen LogP contribution in [0.5, 0.6) is 0 Å². The summed E-state index contributed by atoms with van der Waals surface area (Å²) < 4.78 is 10.1. The van der Waals surface area contributed by atoms with Crippen LogP contribution < -0.4 is 10.8 Å². The number of aromatic amines is 1. The maximum Gasteiger partial charge on any atom is 0.492 e. The van der Waals surface area contributed by atoms with Crippen LogP contribution >= 0.6 is 0 Å². The summed E-state index contributed by atoms with van der Waals surface area (Å²) in [6.07, 6.45) is 3.18. The van der Waals surface area contributed by atoms with Gasteiger partial charge in [0.25, 0.3) is 5.91 Å². The molecular formula is C15H16BN3O5. The molecule has 3 rings (SSSR count). The summed E-state index contributed by atoms with van der Waals surface area (Å²) in [5, 5.41) is 12.3. The van der Waals surface area contributed by atoms with Gasteiger partial charge in [-0.25, -0.2) is 4.98 Å². The molecule has 0 bridgehead atoms. The van der Waals surface area contributed by atoms with Crippen LogP contribution in [0.3, 0.4) is 0 Å². The van der Waals surface area contributed by atoms with Crippen molar-refractivity contribution < 1.29 is 24.0 Å². The minimum Gasteiger partial charge on any atom is -0.456 e. The molecule has 2 aromatic rings. The number of benzene rings is 1. The largest absolute Gasteiger partial charge is 0.492 e. The zero-order chi connectivity index (χ0) is 17.1. The van der Waals surface area contributed by atoms with Gasteiger partial charge in [-0.2, -0.15) is 0 Å². The second kappa shape index (κ2) is 6.85. The summed E-state index contributed by atoms with van der Waals surface area (Å²) in [5.41, 5.74) is 2.49. The lowest BCUT2D eigenvalue weighted by molar-refractivity contribution is -0.143. The van der Waals surface area contributed by atoms with E-state index >= 15 is 0 Å². The second-order valence-corrected chi connectivity index (χ2v) is 5.35. The Hall–Kier alpha value is -2.65. The number of carbonyl (C=O) groups excluding carboxylic acids is 2. The number of H-pyrrole nitrogens is 1. The van der Waals surface area contributed by atoms with E-state index in [9.17, 15) is 14.6 Å². The minimum absolute atomic E-state index is 0.0170. The molecule has 0 aliphatic carbocycles. The number of rotatable bonds is 5. The molecule has 0 atom stereocenters. The molecule has 1 aromatic heterocycles. The molecule has 0 saturated heterocycles. The number of carbonyl (C=O) groups is 2. The molecule has 8 nitrogen and oxygen atoms in total. The third-order valence-electron chi connectivity index (χ3n) is 3.81. The number of aromatic nitrogens is 2. The van der Waals surface area contributed by atoms with Gasteiger partial charge in [-0.15, -0.1) is 0 Å². The zero-order valence-electron chi connectivity index (χ0n) is 13.0. The number of hydrogen-bond acceptors (Lipinski definition) is 6. The van der Waals surface area contributed by atoms with Gasteiger partial charge >= 0.3 is 13.1 Å². The highest BCUT2D eigenvalue weighted by atomic mass is 16.5. The predicted molar refractivity (Wildman–Crippen MR) is 84.3 cm³/mol. The molecule has 0 spiro atoms. The average molecular weight is 329 g/mol. The molecule has 24 heavy (non-hydrogen) atoms. The Morgan fingerprint density at radius 1 is 1.50 bits per heavy atom. The van der Waals surface area contributed by atoms with Crippen LogP contribution in [0.4, 0.5) is 0 Å². The van der Waals surface area contributed by atoms with Crippen LogP contribution in [-0.2, 0) is 27.4 Å². The van der Waals surface area contributed by atoms with Crippen LogP contribution in [0.1, 0.15) is 27.3 Å². The predicted octanol–water partition coefficient (Wildman–Crippen LogP) is -0.591. The van der Waals surface area contributed by atoms with E-state index in [1.165, 1.54) is 0 Å². The SMILES string of the molecule is Cc1c(C(=O)NCC(=O)OCc2ncc[nH]2)ccc2c1B(O)OC2. The number of imidazole rings is 1. The third-order valence-corrected chi connectivity index (χ3v) is 3.81. The van der Waals surface area contributed by atoms with Gasteiger partial charge < -0.3 is 24.7 Å². The molecule has 3 N–H and O–H groups in total. The average Bonchev–Trinajstić information content (AvgIpc) is 3.21. The van der Waals surface area contributed by atoms with Crippen molar-refractivity contribution in [3.8, 4) is 0 Å². The first-order valence-corrected chi connectivity index (χ1v) is 7.40. The fraction of sp³-hybridized carbons (Fsp3) is 0.267. The van der Waals surface area contributed by atoms with Crippen LogP contribution in [-0.4, -0.2) is 40.5 Å². The van der Waals surface area contributed by atoms with Crippen molar-refractivity contribution in [1.29, 1.82) is 0 Å². The van der Waals surface area contributed by atoms with Crippen LogP contribution in [0.25, 0.3) is 0 Å². The summed E-state index contributed by atoms with van der Waals surface area (Å²) in [6, 6.07) is 3.39. The quantitative estimate of drug-likeness (QED) is 0.499. The minimum atomic E-state index is -1.02. The Kier molecular flexibility index (Phi) is 4.63. The van der Waals surface area contributed by atoms with Crippen molar-refractivity contribution in [2.45, 2.75) is 20.1 Å². The topological polar surface area (TPSA) is 114 Å². The maximum absolute atomic E-state index is 12.2. The van der Waals surface area contributed by atoms with E-state index in [4.69, 9.17) is 9.39 Å². The molecule has 0 unspecified atom stereocenters. The molecule has 0 fully saturated rings. The molecule has 124 valence electrons. The highest BCUT2D eigenvalue weighted by Gasteiger charge is 2.31. The van der Waals surface area contributed by atoms with Gasteiger partial charge in [0.2, 0.25) is 0 Å². The first kappa shape index (κ1) is 16.2. The molecule has 1 aromatic carbocycles. The number of esters is 1. The van der Waals surface area contributed by atoms with Gasteiger partial charge in [-0.3, -0.25) is 9.59 Å². The summed E-state index contributed by atoms with van der Waals surface area (Å²) in [4.78, 5) is 30.6. The lowest BCUT2D eigenvalue weighted by atomic mass is 9.75. The van der Waals surface area contributed by atoms with E-state index in [1.54, 1.807) is 31.5 Å². The number of fused-ring (bicyclic) bond motifs is 1. The van der Waals surface area contributed by atoms with Crippen molar-refractivity contribution in [3.05, 3.63) is 47.0 Å². The lowest BCUT2D eigenvalue weighted by Crippen LogP contribution is -2.35. The normalized spacial score (nSPS) is 12.8. The maximum atomic E-state index is 12.2. The van der Waals surface area contributed by atoms with Crippen LogP contribution in [0.15, 0.2) is 24.5 Å². The molecule has 1 aliphatic rings. The third kappa shape index (κ3) is 3.31. The first-order chi connectivity index (χ1) is 11.6. The van der Waals surface area contributed by atoms with Gasteiger partial charge in [0.05, 0.1) is 6.61 Å². The highest BCUT2D eigenvalue weighted by molar-refractivity contribution is 6.62. The van der Waals surface area contributed by atoms with E-state index in [0.29, 0.717) is 29.0 Å². The van der Waals surface area contributed by atoms with Gasteiger partial charge in [0.15, 0.2) is 0 Å². The summed E-state index contributed by atoms with van der Waals surface area (Å²) in [5.74, 6) is -0.454. The molecule has 0 radical (unpaired) electrons. The van der Waals surface area contributed by atoms with Crippen molar-refractivity contribution >= 4 is 24.5 Å². The summed E-state index contributed by atoms with van der Waals surface area (Å²) in [7, 11) is -1.02. The number of nitrogens with zero attached hydrogens (tertiary/aromatic N) is 1. The molecule has 1 aliphatic heterocycles. The van der Waals surface area contributed by atoms with E-state index in [-0.39, 0.29) is 13.2 Å². The fourth-order valence-corrected chi connectivity index (χ4v) is 2.58. The molecule has 0 saturated carbocycles. The molecule has 1 amide bonds. The zero-order valence-corrected chi connectivity index (χ0v) is 13.0. The number of ether oxygens (including phenoxy) is 1. The highest BCUT2D eigenvalue weighted by Crippen LogP contribution is 2.16. The van der Waals surface area contributed by atoms with E-state index in [1.807, 2.05) is 0 Å². The fourth-order valence-electron chi connectivity index (χ4n) is 2.58. The van der Waals surface area contributed by atoms with Gasteiger partial charge in [-0.05, 0) is 29.6 Å². The van der Waals surface area contributed by atoms with Gasteiger partial charge in [-0.1, -0.05) is 6.07 Å². The Morgan fingerprint density at radius 3 is 3.08 bits per heavy atom. The molecule has 2 heterocycles. The first-order valence-electron chi connectivity index (χ1n) is 7.40. The van der Waals surface area contributed by atoms with E-state index < -0.39 is 19.0 Å².